The Labute approximate surface area is 317 Å². The summed E-state index contributed by atoms with van der Waals surface area (Å²) in [4.78, 5) is 36.7. The zero-order valence-corrected chi connectivity index (χ0v) is 33.4. The summed E-state index contributed by atoms with van der Waals surface area (Å²) in [5, 5.41) is 11.6. The quantitative estimate of drug-likeness (QED) is 0.0214. The second-order valence-corrected chi connectivity index (χ2v) is 14.2. The number of hydrogen-bond acceptors (Lipinski definition) is 7. The summed E-state index contributed by atoms with van der Waals surface area (Å²) in [5.74, 6) is -1.86. The van der Waals surface area contributed by atoms with Crippen molar-refractivity contribution < 1.29 is 38.2 Å². The van der Waals surface area contributed by atoms with Crippen molar-refractivity contribution >= 4 is 17.9 Å². The van der Waals surface area contributed by atoms with Crippen LogP contribution in [0.3, 0.4) is 0 Å². The van der Waals surface area contributed by atoms with E-state index in [0.717, 1.165) is 57.8 Å². The molecule has 0 aromatic heterocycles. The molecule has 0 spiro atoms. The molecule has 0 saturated heterocycles. The lowest BCUT2D eigenvalue weighted by Crippen LogP contribution is -2.55. The predicted octanol–water partition coefficient (Wildman–Crippen LogP) is 9.07. The number of ether oxygens (including phenoxy) is 3. The lowest BCUT2D eigenvalue weighted by Gasteiger charge is -2.34. The molecule has 0 amide bonds. The Balaban J connectivity index is 4.56. The number of carbonyl (C=O) groups is 3. The Morgan fingerprint density at radius 1 is 0.596 bits per heavy atom. The number of aliphatic carboxylic acids is 1. The molecule has 2 unspecified atom stereocenters. The first-order valence-electron chi connectivity index (χ1n) is 20.0. The molecule has 2 atom stereocenters. The second kappa shape index (κ2) is 34.8. The van der Waals surface area contributed by atoms with Gasteiger partial charge in [0.05, 0.1) is 40.3 Å². The van der Waals surface area contributed by atoms with Gasteiger partial charge in [0, 0.05) is 19.3 Å². The van der Waals surface area contributed by atoms with Gasteiger partial charge >= 0.3 is 11.9 Å². The minimum absolute atomic E-state index is 0.00628. The van der Waals surface area contributed by atoms with E-state index in [1.807, 2.05) is 0 Å². The fourth-order valence-electron chi connectivity index (χ4n) is 5.16. The molecule has 0 aliphatic carbocycles. The van der Waals surface area contributed by atoms with Crippen LogP contribution in [-0.4, -0.2) is 75.5 Å². The number of nitrogens with zero attached hydrogens (tertiary/aromatic N) is 1. The van der Waals surface area contributed by atoms with Crippen molar-refractivity contribution in [2.75, 3.05) is 41.0 Å². The fourth-order valence-corrected chi connectivity index (χ4v) is 5.16. The highest BCUT2D eigenvalue weighted by molar-refractivity contribution is 5.70. The molecule has 296 valence electrons. The second-order valence-electron chi connectivity index (χ2n) is 14.2. The summed E-state index contributed by atoms with van der Waals surface area (Å²) in [7, 11) is 5.36. The minimum Gasteiger partial charge on any atom is -0.544 e. The Morgan fingerprint density at radius 3 is 1.69 bits per heavy atom. The van der Waals surface area contributed by atoms with Gasteiger partial charge in [-0.2, -0.15) is 0 Å². The monoisotopic (exact) mass is 728 g/mol. The molecule has 52 heavy (non-hydrogen) atoms. The smallest absolute Gasteiger partial charge is 0.306 e. The predicted molar refractivity (Wildman–Crippen MR) is 212 cm³/mol. The van der Waals surface area contributed by atoms with E-state index in [0.29, 0.717) is 12.8 Å². The van der Waals surface area contributed by atoms with Gasteiger partial charge in [0.25, 0.3) is 0 Å². The first kappa shape index (κ1) is 48.8. The van der Waals surface area contributed by atoms with E-state index in [1.54, 1.807) is 21.1 Å². The lowest BCUT2D eigenvalue weighted by atomic mass is 10.1. The maximum Gasteiger partial charge on any atom is 0.306 e. The average molecular weight is 728 g/mol. The molecule has 0 radical (unpaired) electrons. The van der Waals surface area contributed by atoms with Gasteiger partial charge in [-0.25, -0.2) is 0 Å². The van der Waals surface area contributed by atoms with Gasteiger partial charge in [-0.05, 0) is 70.6 Å². The number of likely N-dealkylation sites (N-methyl/N-ethyl adjacent to an activating group) is 1. The molecule has 8 nitrogen and oxygen atoms in total. The standard InChI is InChI=1S/C44H73NO7/c1-6-8-10-12-14-16-18-19-20-21-22-23-25-27-29-31-33-35-43(47)52-40(38-50-37-36-41(44(48)49)45(3,4)5)39-51-42(46)34-32-30-28-26-24-17-15-13-11-9-7-2/h13-17,19-20,22-24,27,29,40-41H,6-12,18,21,25-26,28,30-39H2,1-5H3/b15-13+,16-14+,20-19+,23-22+,24-17+,29-27+. The largest absolute Gasteiger partial charge is 0.544 e. The van der Waals surface area contributed by atoms with Crippen LogP contribution in [-0.2, 0) is 28.6 Å². The van der Waals surface area contributed by atoms with Crippen LogP contribution < -0.4 is 5.11 Å². The number of carboxylic acid groups (broad SMARTS) is 1. The molecule has 8 heteroatoms. The molecule has 0 aromatic rings. The maximum atomic E-state index is 12.6. The number of rotatable bonds is 34. The van der Waals surface area contributed by atoms with Crippen LogP contribution in [0.1, 0.15) is 136 Å². The average Bonchev–Trinajstić information content (AvgIpc) is 3.09. The molecular weight excluding hydrogens is 654 g/mol. The number of allylic oxidation sites excluding steroid dienone is 12. The molecule has 0 aliphatic heterocycles. The summed E-state index contributed by atoms with van der Waals surface area (Å²) < 4.78 is 17.0. The number of carboxylic acids is 1. The normalized spacial score (nSPS) is 13.8. The van der Waals surface area contributed by atoms with Crippen molar-refractivity contribution in [2.45, 2.75) is 148 Å². The van der Waals surface area contributed by atoms with Crippen LogP contribution in [0.5, 0.6) is 0 Å². The van der Waals surface area contributed by atoms with Crippen molar-refractivity contribution in [3.05, 3.63) is 72.9 Å². The van der Waals surface area contributed by atoms with Crippen molar-refractivity contribution in [3.8, 4) is 0 Å². The van der Waals surface area contributed by atoms with E-state index in [2.05, 4.69) is 86.8 Å². The van der Waals surface area contributed by atoms with Crippen LogP contribution in [0.15, 0.2) is 72.9 Å². The number of esters is 2. The van der Waals surface area contributed by atoms with Crippen LogP contribution in [0.25, 0.3) is 0 Å². The van der Waals surface area contributed by atoms with Crippen LogP contribution in [0.4, 0.5) is 0 Å². The van der Waals surface area contributed by atoms with Crippen molar-refractivity contribution in [1.82, 2.24) is 0 Å². The first-order chi connectivity index (χ1) is 25.1. The first-order valence-corrected chi connectivity index (χ1v) is 20.0. The summed E-state index contributed by atoms with van der Waals surface area (Å²) in [6, 6.07) is -0.741. The van der Waals surface area contributed by atoms with Gasteiger partial charge in [0.1, 0.15) is 12.6 Å². The van der Waals surface area contributed by atoms with Gasteiger partial charge in [-0.1, -0.05) is 119 Å². The molecule has 0 aliphatic rings. The topological polar surface area (TPSA) is 102 Å². The van der Waals surface area contributed by atoms with E-state index in [9.17, 15) is 19.5 Å². The van der Waals surface area contributed by atoms with Crippen LogP contribution in [0, 0.1) is 0 Å². The van der Waals surface area contributed by atoms with E-state index in [-0.39, 0.29) is 49.1 Å². The molecule has 0 N–H and O–H groups in total. The van der Waals surface area contributed by atoms with Gasteiger partial charge < -0.3 is 28.6 Å². The molecule has 0 heterocycles. The van der Waals surface area contributed by atoms with Crippen LogP contribution in [0.2, 0.25) is 0 Å². The summed E-state index contributed by atoms with van der Waals surface area (Å²) in [6.07, 6.45) is 42.2. The zero-order chi connectivity index (χ0) is 38.5. The molecule has 0 fully saturated rings. The highest BCUT2D eigenvalue weighted by Gasteiger charge is 2.25. The maximum absolute atomic E-state index is 12.6. The molecular formula is C44H73NO7. The van der Waals surface area contributed by atoms with Crippen LogP contribution >= 0.6 is 0 Å². The Morgan fingerprint density at radius 2 is 1.12 bits per heavy atom. The Bertz CT molecular complexity index is 1080. The summed E-state index contributed by atoms with van der Waals surface area (Å²) in [6.45, 7) is 4.46. The number of carbonyl (C=O) groups excluding carboxylic acids is 3. The number of hydrogen-bond donors (Lipinski definition) is 0. The third-order valence-electron chi connectivity index (χ3n) is 8.34. The highest BCUT2D eigenvalue weighted by atomic mass is 16.6. The highest BCUT2D eigenvalue weighted by Crippen LogP contribution is 2.10. The Hall–Kier alpha value is -3.23. The number of unbranched alkanes of at least 4 members (excludes halogenated alkanes) is 9. The lowest BCUT2D eigenvalue weighted by molar-refractivity contribution is -0.889. The van der Waals surface area contributed by atoms with Crippen molar-refractivity contribution in [3.63, 3.8) is 0 Å². The van der Waals surface area contributed by atoms with E-state index >= 15 is 0 Å². The Kier molecular flexibility index (Phi) is 32.7. The minimum atomic E-state index is -1.14. The molecule has 0 aromatic carbocycles. The summed E-state index contributed by atoms with van der Waals surface area (Å²) in [5.41, 5.74) is 0. The van der Waals surface area contributed by atoms with E-state index in [1.165, 1.54) is 38.5 Å². The third kappa shape index (κ3) is 32.7. The fraction of sp³-hybridized carbons (Fsp3) is 0.659. The SMILES string of the molecule is CCCC/C=C/C=C/CCCCCC(=O)OCC(COCCC(C(=O)[O-])[N+](C)(C)C)OC(=O)CCC/C=C/C/C=C/C/C=C/C/C=C/CCCCC. The van der Waals surface area contributed by atoms with Gasteiger partial charge in [-0.3, -0.25) is 9.59 Å². The molecule has 0 saturated carbocycles. The number of quaternary nitrogens is 1. The van der Waals surface area contributed by atoms with Gasteiger partial charge in [0.2, 0.25) is 0 Å². The third-order valence-corrected chi connectivity index (χ3v) is 8.34. The molecule has 0 rings (SSSR count). The molecule has 0 bridgehead atoms. The summed E-state index contributed by atoms with van der Waals surface area (Å²) >= 11 is 0. The zero-order valence-electron chi connectivity index (χ0n) is 33.4. The van der Waals surface area contributed by atoms with Crippen molar-refractivity contribution in [2.24, 2.45) is 0 Å². The van der Waals surface area contributed by atoms with Crippen molar-refractivity contribution in [1.29, 1.82) is 0 Å². The van der Waals surface area contributed by atoms with Gasteiger partial charge in [0.15, 0.2) is 6.10 Å². The van der Waals surface area contributed by atoms with E-state index in [4.69, 9.17) is 14.2 Å². The van der Waals surface area contributed by atoms with E-state index < -0.39 is 18.1 Å². The van der Waals surface area contributed by atoms with Gasteiger partial charge in [-0.15, -0.1) is 0 Å².